The Kier molecular flexibility index (Phi) is 3.94. The van der Waals surface area contributed by atoms with E-state index in [1.54, 1.807) is 6.07 Å². The molecule has 8 heteroatoms. The Morgan fingerprint density at radius 1 is 1.35 bits per heavy atom. The Bertz CT molecular complexity index is 628. The van der Waals surface area contributed by atoms with E-state index in [4.69, 9.17) is 9.63 Å². The van der Waals surface area contributed by atoms with Crippen LogP contribution < -0.4 is 10.6 Å². The van der Waals surface area contributed by atoms with Gasteiger partial charge in [0, 0.05) is 11.8 Å². The normalized spacial score (nSPS) is 10.1. The zero-order valence-electron chi connectivity index (χ0n) is 10.1. The summed E-state index contributed by atoms with van der Waals surface area (Å²) in [4.78, 5) is 22.1. The molecule has 1 heterocycles. The molecule has 0 atom stereocenters. The molecule has 1 aromatic carbocycles. The Balaban J connectivity index is 1.94. The van der Waals surface area contributed by atoms with Crippen molar-refractivity contribution in [2.45, 2.75) is 6.54 Å². The maximum Gasteiger partial charge on any atom is 0.338 e. The average molecular weight is 279 g/mol. The number of halogens is 1. The highest BCUT2D eigenvalue weighted by Crippen LogP contribution is 2.14. The molecule has 3 N–H and O–H groups in total. The summed E-state index contributed by atoms with van der Waals surface area (Å²) in [7, 11) is 0. The third-order valence-electron chi connectivity index (χ3n) is 2.37. The fraction of sp³-hybridized carbons (Fsp3) is 0.0833. The van der Waals surface area contributed by atoms with E-state index in [2.05, 4.69) is 15.8 Å². The number of hydrogen-bond acceptors (Lipinski definition) is 4. The molecule has 0 unspecified atom stereocenters. The van der Waals surface area contributed by atoms with Crippen LogP contribution in [0.2, 0.25) is 0 Å². The van der Waals surface area contributed by atoms with Crippen LogP contribution in [0.25, 0.3) is 0 Å². The molecule has 7 nitrogen and oxygen atoms in total. The zero-order chi connectivity index (χ0) is 14.5. The van der Waals surface area contributed by atoms with Crippen LogP contribution in [0.4, 0.5) is 14.9 Å². The first kappa shape index (κ1) is 13.5. The van der Waals surface area contributed by atoms with E-state index in [1.807, 2.05) is 0 Å². The Morgan fingerprint density at radius 3 is 2.75 bits per heavy atom. The molecule has 104 valence electrons. The van der Waals surface area contributed by atoms with E-state index in [-0.39, 0.29) is 12.2 Å². The summed E-state index contributed by atoms with van der Waals surface area (Å²) < 4.78 is 18.2. The minimum absolute atomic E-state index is 0.127. The lowest BCUT2D eigenvalue weighted by Gasteiger charge is -2.07. The highest BCUT2D eigenvalue weighted by atomic mass is 19.1. The van der Waals surface area contributed by atoms with Gasteiger partial charge < -0.3 is 20.3 Å². The van der Waals surface area contributed by atoms with Crippen molar-refractivity contribution >= 4 is 17.7 Å². The number of urea groups is 1. The van der Waals surface area contributed by atoms with Gasteiger partial charge in [0.05, 0.1) is 18.3 Å². The number of benzene rings is 1. The van der Waals surface area contributed by atoms with Crippen molar-refractivity contribution in [1.82, 2.24) is 10.5 Å². The number of nitrogens with one attached hydrogen (secondary N) is 2. The van der Waals surface area contributed by atoms with Crippen LogP contribution in [0, 0.1) is 5.82 Å². The lowest BCUT2D eigenvalue weighted by Crippen LogP contribution is -2.28. The van der Waals surface area contributed by atoms with E-state index in [9.17, 15) is 14.0 Å². The third kappa shape index (κ3) is 3.31. The summed E-state index contributed by atoms with van der Waals surface area (Å²) in [5.41, 5.74) is -0.319. The second kappa shape index (κ2) is 5.83. The lowest BCUT2D eigenvalue weighted by molar-refractivity contribution is 0.0692. The maximum absolute atomic E-state index is 13.4. The van der Waals surface area contributed by atoms with Gasteiger partial charge >= 0.3 is 12.0 Å². The third-order valence-corrected chi connectivity index (χ3v) is 2.37. The number of aromatic carboxylic acids is 1. The predicted molar refractivity (Wildman–Crippen MR) is 65.7 cm³/mol. The summed E-state index contributed by atoms with van der Waals surface area (Å²) in [6, 6.07) is 4.30. The molecule has 0 radical (unpaired) electrons. The number of nitrogens with zero attached hydrogens (tertiary/aromatic N) is 1. The van der Waals surface area contributed by atoms with Crippen LogP contribution in [0.3, 0.4) is 0 Å². The molecule has 0 saturated heterocycles. The molecule has 2 rings (SSSR count). The highest BCUT2D eigenvalue weighted by Gasteiger charge is 2.11. The number of carboxylic acid groups (broad SMARTS) is 1. The minimum atomic E-state index is -1.37. The quantitative estimate of drug-likeness (QED) is 0.792. The van der Waals surface area contributed by atoms with Crippen molar-refractivity contribution < 1.29 is 23.6 Å². The lowest BCUT2D eigenvalue weighted by atomic mass is 10.2. The Hall–Kier alpha value is -2.90. The molecule has 0 spiro atoms. The molecule has 2 amide bonds. The van der Waals surface area contributed by atoms with Crippen molar-refractivity contribution in [2.75, 3.05) is 5.32 Å². The average Bonchev–Trinajstić information content (AvgIpc) is 2.89. The molecular formula is C12H10FN3O4. The zero-order valence-corrected chi connectivity index (χ0v) is 10.1. The van der Waals surface area contributed by atoms with Gasteiger partial charge in [-0.1, -0.05) is 5.16 Å². The van der Waals surface area contributed by atoms with Crippen molar-refractivity contribution in [3.63, 3.8) is 0 Å². The van der Waals surface area contributed by atoms with Crippen molar-refractivity contribution in [3.8, 4) is 0 Å². The molecular weight excluding hydrogens is 269 g/mol. The topological polar surface area (TPSA) is 104 Å². The molecule has 1 aromatic heterocycles. The van der Waals surface area contributed by atoms with E-state index in [0.717, 1.165) is 12.1 Å². The van der Waals surface area contributed by atoms with Crippen LogP contribution in [-0.2, 0) is 6.54 Å². The molecule has 0 fully saturated rings. The summed E-state index contributed by atoms with van der Waals surface area (Å²) in [6.45, 7) is 0.127. The summed E-state index contributed by atoms with van der Waals surface area (Å²) in [5.74, 6) is -1.83. The monoisotopic (exact) mass is 279 g/mol. The summed E-state index contributed by atoms with van der Waals surface area (Å²) >= 11 is 0. The van der Waals surface area contributed by atoms with Gasteiger partial charge in [0.25, 0.3) is 0 Å². The molecule has 0 aliphatic rings. The molecule has 2 aromatic rings. The number of hydrogen-bond donors (Lipinski definition) is 3. The van der Waals surface area contributed by atoms with E-state index >= 15 is 0 Å². The van der Waals surface area contributed by atoms with Crippen molar-refractivity contribution in [2.24, 2.45) is 0 Å². The molecule has 20 heavy (non-hydrogen) atoms. The van der Waals surface area contributed by atoms with Gasteiger partial charge in [-0.2, -0.15) is 0 Å². The fourth-order valence-corrected chi connectivity index (χ4v) is 1.44. The Morgan fingerprint density at radius 2 is 2.15 bits per heavy atom. The van der Waals surface area contributed by atoms with E-state index in [1.165, 1.54) is 12.3 Å². The SMILES string of the molecule is O=C(NCc1ccno1)Nc1ccc(C(=O)O)c(F)c1. The molecule has 0 aliphatic carbocycles. The number of aromatic nitrogens is 1. The number of anilines is 1. The van der Waals surface area contributed by atoms with Gasteiger partial charge in [0.15, 0.2) is 5.76 Å². The number of carboxylic acids is 1. The van der Waals surface area contributed by atoms with Gasteiger partial charge in [0.2, 0.25) is 0 Å². The molecule has 0 saturated carbocycles. The van der Waals surface area contributed by atoms with Gasteiger partial charge in [-0.25, -0.2) is 14.0 Å². The minimum Gasteiger partial charge on any atom is -0.478 e. The van der Waals surface area contributed by atoms with Gasteiger partial charge in [-0.3, -0.25) is 0 Å². The van der Waals surface area contributed by atoms with Gasteiger partial charge in [-0.05, 0) is 18.2 Å². The second-order valence-corrected chi connectivity index (χ2v) is 3.79. The smallest absolute Gasteiger partial charge is 0.338 e. The van der Waals surface area contributed by atoms with Gasteiger partial charge in [-0.15, -0.1) is 0 Å². The second-order valence-electron chi connectivity index (χ2n) is 3.79. The van der Waals surface area contributed by atoms with Crippen molar-refractivity contribution in [1.29, 1.82) is 0 Å². The largest absolute Gasteiger partial charge is 0.478 e. The number of amides is 2. The standard InChI is InChI=1S/C12H10FN3O4/c13-10-5-7(1-2-9(10)11(17)18)16-12(19)14-6-8-3-4-15-20-8/h1-5H,6H2,(H,17,18)(H2,14,16,19). The van der Waals surface area contributed by atoms with Gasteiger partial charge in [0.1, 0.15) is 5.82 Å². The van der Waals surface area contributed by atoms with E-state index in [0.29, 0.717) is 5.76 Å². The first-order chi connectivity index (χ1) is 9.56. The highest BCUT2D eigenvalue weighted by molar-refractivity contribution is 5.91. The van der Waals surface area contributed by atoms with Crippen molar-refractivity contribution in [3.05, 3.63) is 47.6 Å². The molecule has 0 aliphatic heterocycles. The number of carbonyl (C=O) groups is 2. The summed E-state index contributed by atoms with van der Waals surface area (Å²) in [5, 5.41) is 17.0. The van der Waals surface area contributed by atoms with Crippen LogP contribution in [0.1, 0.15) is 16.1 Å². The first-order valence-corrected chi connectivity index (χ1v) is 5.53. The number of carbonyl (C=O) groups excluding carboxylic acids is 1. The van der Waals surface area contributed by atoms with Crippen LogP contribution in [0.15, 0.2) is 35.0 Å². The maximum atomic E-state index is 13.4. The fourth-order valence-electron chi connectivity index (χ4n) is 1.44. The first-order valence-electron chi connectivity index (χ1n) is 5.53. The number of rotatable bonds is 4. The van der Waals surface area contributed by atoms with E-state index < -0.39 is 23.4 Å². The van der Waals surface area contributed by atoms with Crippen LogP contribution in [0.5, 0.6) is 0 Å². The predicted octanol–water partition coefficient (Wildman–Crippen LogP) is 1.83. The summed E-state index contributed by atoms with van der Waals surface area (Å²) in [6.07, 6.45) is 1.44. The molecule has 0 bridgehead atoms. The van der Waals surface area contributed by atoms with Crippen LogP contribution in [-0.4, -0.2) is 22.3 Å². The van der Waals surface area contributed by atoms with Crippen LogP contribution >= 0.6 is 0 Å². The Labute approximate surface area is 112 Å².